The van der Waals surface area contributed by atoms with Crippen LogP contribution in [0.5, 0.6) is 0 Å². The molecule has 1 rings (SSSR count). The van der Waals surface area contributed by atoms with Crippen molar-refractivity contribution >= 4 is 11.6 Å². The van der Waals surface area contributed by atoms with Gasteiger partial charge in [-0.3, -0.25) is 4.79 Å². The van der Waals surface area contributed by atoms with Gasteiger partial charge in [0, 0.05) is 12.6 Å². The summed E-state index contributed by atoms with van der Waals surface area (Å²) in [6.45, 7) is 5.02. The molecule has 0 radical (unpaired) electrons. The van der Waals surface area contributed by atoms with Gasteiger partial charge in [-0.25, -0.2) is 0 Å². The van der Waals surface area contributed by atoms with Crippen molar-refractivity contribution in [3.8, 4) is 0 Å². The van der Waals surface area contributed by atoms with Gasteiger partial charge in [0.15, 0.2) is 0 Å². The zero-order valence-electron chi connectivity index (χ0n) is 8.73. The van der Waals surface area contributed by atoms with Crippen LogP contribution in [-0.4, -0.2) is 11.0 Å². The third kappa shape index (κ3) is 3.56. The maximum Gasteiger partial charge on any atom is 0.221 e. The minimum absolute atomic E-state index is 0.102. The maximum absolute atomic E-state index is 10.8. The molecular weight excluding hydrogens is 190 g/mol. The van der Waals surface area contributed by atoms with Crippen LogP contribution in [0.15, 0.2) is 36.9 Å². The number of rotatable bonds is 4. The van der Waals surface area contributed by atoms with Crippen molar-refractivity contribution in [2.24, 2.45) is 0 Å². The summed E-state index contributed by atoms with van der Waals surface area (Å²) in [7, 11) is 0. The molecule has 3 heteroatoms. The Labute approximate surface area is 89.4 Å². The average molecular weight is 205 g/mol. The first-order valence-electron chi connectivity index (χ1n) is 4.80. The van der Waals surface area contributed by atoms with E-state index in [2.05, 4.69) is 11.9 Å². The molecule has 0 aliphatic rings. The van der Waals surface area contributed by atoms with Crippen molar-refractivity contribution in [3.05, 3.63) is 42.5 Å². The van der Waals surface area contributed by atoms with Gasteiger partial charge in [0.2, 0.25) is 5.91 Å². The molecule has 15 heavy (non-hydrogen) atoms. The molecule has 0 heterocycles. The summed E-state index contributed by atoms with van der Waals surface area (Å²) in [6.07, 6.45) is 1.68. The van der Waals surface area contributed by atoms with Crippen LogP contribution < -0.4 is 5.32 Å². The third-order valence-corrected chi connectivity index (χ3v) is 2.01. The van der Waals surface area contributed by atoms with Crippen molar-refractivity contribution in [3.63, 3.8) is 0 Å². The molecule has 2 N–H and O–H groups in total. The van der Waals surface area contributed by atoms with E-state index in [1.165, 1.54) is 6.92 Å². The van der Waals surface area contributed by atoms with Crippen molar-refractivity contribution in [1.29, 1.82) is 0 Å². The van der Waals surface area contributed by atoms with E-state index in [9.17, 15) is 9.90 Å². The Morgan fingerprint density at radius 2 is 2.13 bits per heavy atom. The van der Waals surface area contributed by atoms with Gasteiger partial charge >= 0.3 is 0 Å². The van der Waals surface area contributed by atoms with E-state index in [0.29, 0.717) is 6.42 Å². The number of benzene rings is 1. The van der Waals surface area contributed by atoms with Crippen LogP contribution in [0.4, 0.5) is 5.69 Å². The van der Waals surface area contributed by atoms with Gasteiger partial charge in [-0.15, -0.1) is 6.58 Å². The fraction of sp³-hybridized carbons (Fsp3) is 0.250. The highest BCUT2D eigenvalue weighted by atomic mass is 16.3. The smallest absolute Gasteiger partial charge is 0.221 e. The number of aliphatic hydroxyl groups excluding tert-OH is 1. The van der Waals surface area contributed by atoms with Gasteiger partial charge in [-0.05, 0) is 24.1 Å². The minimum Gasteiger partial charge on any atom is -0.388 e. The van der Waals surface area contributed by atoms with Crippen molar-refractivity contribution in [2.45, 2.75) is 19.4 Å². The molecule has 0 saturated carbocycles. The van der Waals surface area contributed by atoms with Gasteiger partial charge in [0.05, 0.1) is 6.10 Å². The number of anilines is 1. The second-order valence-corrected chi connectivity index (χ2v) is 3.34. The molecule has 0 saturated heterocycles. The summed E-state index contributed by atoms with van der Waals surface area (Å²) < 4.78 is 0. The lowest BCUT2D eigenvalue weighted by molar-refractivity contribution is -0.114. The first-order chi connectivity index (χ1) is 7.13. The van der Waals surface area contributed by atoms with E-state index in [1.54, 1.807) is 30.3 Å². The van der Waals surface area contributed by atoms with Gasteiger partial charge in [0.1, 0.15) is 0 Å². The number of nitrogens with one attached hydrogen (secondary N) is 1. The molecule has 3 nitrogen and oxygen atoms in total. The van der Waals surface area contributed by atoms with E-state index in [1.807, 2.05) is 0 Å². The van der Waals surface area contributed by atoms with Gasteiger partial charge in [-0.1, -0.05) is 18.2 Å². The number of hydrogen-bond donors (Lipinski definition) is 2. The van der Waals surface area contributed by atoms with Crippen LogP contribution in [0.3, 0.4) is 0 Å². The lowest BCUT2D eigenvalue weighted by Gasteiger charge is -2.09. The molecule has 0 aliphatic heterocycles. The van der Waals surface area contributed by atoms with Gasteiger partial charge < -0.3 is 10.4 Å². The normalized spacial score (nSPS) is 11.9. The van der Waals surface area contributed by atoms with E-state index < -0.39 is 6.10 Å². The molecule has 0 fully saturated rings. The summed E-state index contributed by atoms with van der Waals surface area (Å²) in [4.78, 5) is 10.8. The average Bonchev–Trinajstić information content (AvgIpc) is 2.18. The Kier molecular flexibility index (Phi) is 4.06. The third-order valence-electron chi connectivity index (χ3n) is 2.01. The molecule has 0 bridgehead atoms. The summed E-state index contributed by atoms with van der Waals surface area (Å²) in [5, 5.41) is 12.3. The number of amides is 1. The Bertz CT molecular complexity index is 343. The number of hydrogen-bond acceptors (Lipinski definition) is 2. The Hall–Kier alpha value is -1.61. The number of carbonyl (C=O) groups is 1. The fourth-order valence-electron chi connectivity index (χ4n) is 1.29. The first-order valence-corrected chi connectivity index (χ1v) is 4.80. The standard InChI is InChI=1S/C12H15NO2/c1-3-4-12(15)10-5-7-11(8-6-10)13-9(2)14/h3,5-8,12,15H,1,4H2,2H3,(H,13,14). The Morgan fingerprint density at radius 1 is 1.53 bits per heavy atom. The lowest BCUT2D eigenvalue weighted by Crippen LogP contribution is -2.05. The van der Waals surface area contributed by atoms with Crippen LogP contribution >= 0.6 is 0 Å². The predicted molar refractivity (Wildman–Crippen MR) is 60.5 cm³/mol. The van der Waals surface area contributed by atoms with Crippen LogP contribution in [-0.2, 0) is 4.79 Å². The largest absolute Gasteiger partial charge is 0.388 e. The molecule has 1 amide bonds. The molecule has 0 aliphatic carbocycles. The second-order valence-electron chi connectivity index (χ2n) is 3.34. The lowest BCUT2D eigenvalue weighted by atomic mass is 10.1. The van der Waals surface area contributed by atoms with E-state index in [-0.39, 0.29) is 5.91 Å². The topological polar surface area (TPSA) is 49.3 Å². The van der Waals surface area contributed by atoms with Crippen molar-refractivity contribution in [2.75, 3.05) is 5.32 Å². The molecule has 0 aromatic heterocycles. The first kappa shape index (κ1) is 11.5. The Balaban J connectivity index is 2.71. The molecule has 1 aromatic carbocycles. The van der Waals surface area contributed by atoms with Crippen molar-refractivity contribution in [1.82, 2.24) is 0 Å². The highest BCUT2D eigenvalue weighted by Crippen LogP contribution is 2.19. The molecular formula is C12H15NO2. The van der Waals surface area contributed by atoms with Crippen LogP contribution in [0.25, 0.3) is 0 Å². The van der Waals surface area contributed by atoms with Crippen LogP contribution in [0.1, 0.15) is 25.0 Å². The van der Waals surface area contributed by atoms with Gasteiger partial charge in [0.25, 0.3) is 0 Å². The van der Waals surface area contributed by atoms with Gasteiger partial charge in [-0.2, -0.15) is 0 Å². The van der Waals surface area contributed by atoms with E-state index in [0.717, 1.165) is 11.3 Å². The number of aliphatic hydroxyl groups is 1. The zero-order valence-corrected chi connectivity index (χ0v) is 8.73. The molecule has 0 spiro atoms. The maximum atomic E-state index is 10.8. The van der Waals surface area contributed by atoms with Crippen molar-refractivity contribution < 1.29 is 9.90 Å². The second kappa shape index (κ2) is 5.32. The molecule has 1 unspecified atom stereocenters. The summed E-state index contributed by atoms with van der Waals surface area (Å²) in [6, 6.07) is 7.12. The Morgan fingerprint density at radius 3 is 2.60 bits per heavy atom. The van der Waals surface area contributed by atoms with E-state index >= 15 is 0 Å². The summed E-state index contributed by atoms with van der Waals surface area (Å²) in [5.41, 5.74) is 1.56. The molecule has 80 valence electrons. The summed E-state index contributed by atoms with van der Waals surface area (Å²) >= 11 is 0. The SMILES string of the molecule is C=CCC(O)c1ccc(NC(C)=O)cc1. The predicted octanol–water partition coefficient (Wildman–Crippen LogP) is 2.25. The molecule has 1 atom stereocenters. The summed E-state index contributed by atoms with van der Waals surface area (Å²) in [5.74, 6) is -0.102. The monoisotopic (exact) mass is 205 g/mol. The fourth-order valence-corrected chi connectivity index (χ4v) is 1.29. The zero-order chi connectivity index (χ0) is 11.3. The minimum atomic E-state index is -0.520. The highest BCUT2D eigenvalue weighted by Gasteiger charge is 2.04. The highest BCUT2D eigenvalue weighted by molar-refractivity contribution is 5.88. The van der Waals surface area contributed by atoms with E-state index in [4.69, 9.17) is 0 Å². The van der Waals surface area contributed by atoms with Crippen LogP contribution in [0.2, 0.25) is 0 Å². The quantitative estimate of drug-likeness (QED) is 0.741. The number of carbonyl (C=O) groups excluding carboxylic acids is 1. The molecule has 1 aromatic rings. The van der Waals surface area contributed by atoms with Crippen LogP contribution in [0, 0.1) is 0 Å².